The normalized spacial score (nSPS) is 11.3. The van der Waals surface area contributed by atoms with Gasteiger partial charge in [0.25, 0.3) is 0 Å². The first-order valence-corrected chi connectivity index (χ1v) is 7.30. The molecule has 22 heavy (non-hydrogen) atoms. The first-order valence-electron chi connectivity index (χ1n) is 7.30. The van der Waals surface area contributed by atoms with E-state index in [-0.39, 0.29) is 35.9 Å². The number of nitrogens with zero attached hydrogens (tertiary/aromatic N) is 2. The van der Waals surface area contributed by atoms with Gasteiger partial charge in [-0.1, -0.05) is 12.1 Å². The van der Waals surface area contributed by atoms with E-state index in [2.05, 4.69) is 10.3 Å². The van der Waals surface area contributed by atoms with Crippen molar-refractivity contribution in [1.29, 1.82) is 0 Å². The molecule has 0 fully saturated rings. The van der Waals surface area contributed by atoms with E-state index in [0.717, 1.165) is 31.1 Å². The van der Waals surface area contributed by atoms with Gasteiger partial charge in [-0.05, 0) is 38.0 Å². The smallest absolute Gasteiger partial charge is 0.193 e. The average molecular weight is 423 g/mol. The van der Waals surface area contributed by atoms with Gasteiger partial charge in [0, 0.05) is 33.8 Å². The number of aliphatic imine (C=N–C) groups is 1. The number of hydrogen-bond donors (Lipinski definition) is 1. The number of nitrogens with one attached hydrogen (secondary N) is 1. The van der Waals surface area contributed by atoms with Gasteiger partial charge in [0.1, 0.15) is 5.82 Å². The van der Waals surface area contributed by atoms with Crippen LogP contribution in [0, 0.1) is 5.82 Å². The molecular weight excluding hydrogens is 396 g/mol. The van der Waals surface area contributed by atoms with Crippen molar-refractivity contribution in [3.05, 3.63) is 35.6 Å². The molecule has 0 radical (unpaired) electrons. The summed E-state index contributed by atoms with van der Waals surface area (Å²) in [6.45, 7) is 6.19. The molecule has 0 atom stereocenters. The summed E-state index contributed by atoms with van der Waals surface area (Å²) in [4.78, 5) is 6.21. The van der Waals surface area contributed by atoms with Crippen LogP contribution in [0.25, 0.3) is 0 Å². The summed E-state index contributed by atoms with van der Waals surface area (Å²) in [5, 5.41) is 3.28. The van der Waals surface area contributed by atoms with Gasteiger partial charge in [-0.2, -0.15) is 0 Å². The van der Waals surface area contributed by atoms with Gasteiger partial charge in [-0.25, -0.2) is 4.39 Å². The number of guanidine groups is 1. The third kappa shape index (κ3) is 8.53. The lowest BCUT2D eigenvalue weighted by atomic mass is 10.2. The number of hydrogen-bond acceptors (Lipinski definition) is 2. The summed E-state index contributed by atoms with van der Waals surface area (Å²) < 4.78 is 18.7. The minimum absolute atomic E-state index is 0. The molecule has 0 unspecified atom stereocenters. The van der Waals surface area contributed by atoms with Crippen LogP contribution in [0.4, 0.5) is 4.39 Å². The molecule has 1 rings (SSSR count). The summed E-state index contributed by atoms with van der Waals surface area (Å²) in [7, 11) is 3.68. The molecular formula is C16H27FIN3O. The molecule has 1 aromatic carbocycles. The highest BCUT2D eigenvalue weighted by Crippen LogP contribution is 2.06. The van der Waals surface area contributed by atoms with Crippen molar-refractivity contribution in [2.45, 2.75) is 32.9 Å². The van der Waals surface area contributed by atoms with Gasteiger partial charge >= 0.3 is 0 Å². The second-order valence-electron chi connectivity index (χ2n) is 5.23. The van der Waals surface area contributed by atoms with Crippen molar-refractivity contribution >= 4 is 29.9 Å². The molecule has 0 spiro atoms. The lowest BCUT2D eigenvalue weighted by Gasteiger charge is -2.22. The summed E-state index contributed by atoms with van der Waals surface area (Å²) in [6, 6.07) is 6.62. The van der Waals surface area contributed by atoms with Gasteiger partial charge in [-0.3, -0.25) is 4.99 Å². The Morgan fingerprint density at radius 1 is 1.41 bits per heavy atom. The number of rotatable bonds is 7. The molecule has 0 heterocycles. The summed E-state index contributed by atoms with van der Waals surface area (Å²) in [5.74, 6) is 0.582. The fourth-order valence-electron chi connectivity index (χ4n) is 1.96. The maximum Gasteiger partial charge on any atom is 0.193 e. The fraction of sp³-hybridized carbons (Fsp3) is 0.562. The Bertz CT molecular complexity index is 455. The molecule has 0 aliphatic rings. The standard InChI is InChI=1S/C16H26FN3O.HI/c1-13(2)21-10-6-9-19-16(18-3)20(4)12-14-7-5-8-15(17)11-14;/h5,7-8,11,13H,6,9-10,12H2,1-4H3,(H,18,19);1H. The monoisotopic (exact) mass is 423 g/mol. The van der Waals surface area contributed by atoms with E-state index in [1.165, 1.54) is 6.07 Å². The Morgan fingerprint density at radius 3 is 2.73 bits per heavy atom. The SMILES string of the molecule is CN=C(NCCCOC(C)C)N(C)Cc1cccc(F)c1.I. The predicted molar refractivity (Wildman–Crippen MR) is 100 cm³/mol. The van der Waals surface area contributed by atoms with Crippen LogP contribution in [0.15, 0.2) is 29.3 Å². The number of ether oxygens (including phenoxy) is 1. The largest absolute Gasteiger partial charge is 0.379 e. The van der Waals surface area contributed by atoms with E-state index in [0.29, 0.717) is 6.54 Å². The Kier molecular flexibility index (Phi) is 11.2. The van der Waals surface area contributed by atoms with E-state index >= 15 is 0 Å². The van der Waals surface area contributed by atoms with Gasteiger partial charge in [-0.15, -0.1) is 24.0 Å². The molecule has 0 aliphatic carbocycles. The Balaban J connectivity index is 0.00000441. The maximum atomic E-state index is 13.2. The molecule has 0 saturated heterocycles. The molecule has 0 bridgehead atoms. The van der Waals surface area contributed by atoms with Crippen LogP contribution in [-0.2, 0) is 11.3 Å². The second kappa shape index (κ2) is 11.6. The van der Waals surface area contributed by atoms with Gasteiger partial charge < -0.3 is 15.0 Å². The lowest BCUT2D eigenvalue weighted by Crippen LogP contribution is -2.39. The molecule has 0 aromatic heterocycles. The quantitative estimate of drug-likeness (QED) is 0.317. The van der Waals surface area contributed by atoms with Crippen LogP contribution < -0.4 is 5.32 Å². The highest BCUT2D eigenvalue weighted by Gasteiger charge is 2.06. The van der Waals surface area contributed by atoms with Crippen LogP contribution in [0.1, 0.15) is 25.8 Å². The Hall–Kier alpha value is -0.890. The number of halogens is 2. The third-order valence-electron chi connectivity index (χ3n) is 2.94. The van der Waals surface area contributed by atoms with Crippen molar-refractivity contribution < 1.29 is 9.13 Å². The van der Waals surface area contributed by atoms with Gasteiger partial charge in [0.05, 0.1) is 6.10 Å². The van der Waals surface area contributed by atoms with E-state index in [4.69, 9.17) is 4.74 Å². The van der Waals surface area contributed by atoms with E-state index in [1.54, 1.807) is 19.2 Å². The van der Waals surface area contributed by atoms with E-state index < -0.39 is 0 Å². The average Bonchev–Trinajstić information content (AvgIpc) is 2.42. The van der Waals surface area contributed by atoms with Crippen LogP contribution in [0.3, 0.4) is 0 Å². The van der Waals surface area contributed by atoms with Crippen LogP contribution >= 0.6 is 24.0 Å². The number of benzene rings is 1. The van der Waals surface area contributed by atoms with Crippen LogP contribution in [0.5, 0.6) is 0 Å². The first kappa shape index (κ1) is 21.1. The third-order valence-corrected chi connectivity index (χ3v) is 2.94. The topological polar surface area (TPSA) is 36.9 Å². The molecule has 1 N–H and O–H groups in total. The maximum absolute atomic E-state index is 13.2. The predicted octanol–water partition coefficient (Wildman–Crippen LogP) is 3.27. The summed E-state index contributed by atoms with van der Waals surface area (Å²) >= 11 is 0. The van der Waals surface area contributed by atoms with Crippen molar-refractivity contribution in [1.82, 2.24) is 10.2 Å². The molecule has 6 heteroatoms. The zero-order valence-electron chi connectivity index (χ0n) is 13.8. The lowest BCUT2D eigenvalue weighted by molar-refractivity contribution is 0.0776. The molecule has 126 valence electrons. The molecule has 0 saturated carbocycles. The fourth-order valence-corrected chi connectivity index (χ4v) is 1.96. The Labute approximate surface area is 150 Å². The summed E-state index contributed by atoms with van der Waals surface area (Å²) in [6.07, 6.45) is 1.19. The highest BCUT2D eigenvalue weighted by atomic mass is 127. The summed E-state index contributed by atoms with van der Waals surface area (Å²) in [5.41, 5.74) is 0.920. The minimum atomic E-state index is -0.213. The highest BCUT2D eigenvalue weighted by molar-refractivity contribution is 14.0. The second-order valence-corrected chi connectivity index (χ2v) is 5.23. The van der Waals surface area contributed by atoms with E-state index in [1.807, 2.05) is 31.9 Å². The van der Waals surface area contributed by atoms with Crippen molar-refractivity contribution in [2.75, 3.05) is 27.2 Å². The van der Waals surface area contributed by atoms with Crippen LogP contribution in [-0.4, -0.2) is 44.2 Å². The zero-order valence-corrected chi connectivity index (χ0v) is 16.1. The molecule has 4 nitrogen and oxygen atoms in total. The van der Waals surface area contributed by atoms with Crippen molar-refractivity contribution in [3.63, 3.8) is 0 Å². The van der Waals surface area contributed by atoms with Crippen molar-refractivity contribution in [3.8, 4) is 0 Å². The van der Waals surface area contributed by atoms with Crippen molar-refractivity contribution in [2.24, 2.45) is 4.99 Å². The minimum Gasteiger partial charge on any atom is -0.379 e. The van der Waals surface area contributed by atoms with E-state index in [9.17, 15) is 4.39 Å². The van der Waals surface area contributed by atoms with Gasteiger partial charge in [0.15, 0.2) is 5.96 Å². The van der Waals surface area contributed by atoms with Crippen LogP contribution in [0.2, 0.25) is 0 Å². The molecule has 0 amide bonds. The molecule has 0 aliphatic heterocycles. The first-order chi connectivity index (χ1) is 10.0. The molecule has 1 aromatic rings. The Morgan fingerprint density at radius 2 is 2.14 bits per heavy atom. The van der Waals surface area contributed by atoms with Gasteiger partial charge in [0.2, 0.25) is 0 Å². The zero-order chi connectivity index (χ0) is 15.7.